The fourth-order valence-corrected chi connectivity index (χ4v) is 0. The average Bonchev–Trinajstić information content (AvgIpc) is 1.50. The SMILES string of the molecule is CO.[O]=[Pt]. The first-order valence-electron chi connectivity index (χ1n) is 0.576. The van der Waals surface area contributed by atoms with E-state index < -0.39 is 0 Å². The van der Waals surface area contributed by atoms with E-state index >= 15 is 0 Å². The molecule has 4 heavy (non-hydrogen) atoms. The zero-order chi connectivity index (χ0) is 4.00. The second-order valence-electron chi connectivity index (χ2n) is 0. The molecule has 0 heterocycles. The van der Waals surface area contributed by atoms with Gasteiger partial charge in [0, 0.05) is 7.11 Å². The molecule has 0 rings (SSSR count). The van der Waals surface area contributed by atoms with Crippen LogP contribution in [0.25, 0.3) is 0 Å². The molecule has 0 aromatic rings. The van der Waals surface area contributed by atoms with Crippen LogP contribution < -0.4 is 0 Å². The maximum atomic E-state index is 8.22. The van der Waals surface area contributed by atoms with Crippen molar-refractivity contribution < 1.29 is 28.3 Å². The van der Waals surface area contributed by atoms with Gasteiger partial charge in [-0.05, 0) is 0 Å². The molecule has 0 saturated carbocycles. The fraction of sp³-hybridized carbons (Fsp3) is 1.00. The minimum atomic E-state index is 0.889. The summed E-state index contributed by atoms with van der Waals surface area (Å²) in [5.74, 6) is 0. The Morgan fingerprint density at radius 2 is 1.50 bits per heavy atom. The Hall–Kier alpha value is 0.448. The van der Waals surface area contributed by atoms with Crippen LogP contribution in [0.5, 0.6) is 0 Å². The molecule has 30 valence electrons. The Labute approximate surface area is 36.0 Å². The van der Waals surface area contributed by atoms with Crippen LogP contribution in [-0.4, -0.2) is 12.2 Å². The molecular weight excluding hydrogens is 239 g/mol. The van der Waals surface area contributed by atoms with Crippen LogP contribution in [-0.2, 0) is 23.2 Å². The summed E-state index contributed by atoms with van der Waals surface area (Å²) in [6.45, 7) is 0. The minimum absolute atomic E-state index is 0.889. The Morgan fingerprint density at radius 1 is 1.50 bits per heavy atom. The van der Waals surface area contributed by atoms with E-state index in [1.165, 1.54) is 0 Å². The van der Waals surface area contributed by atoms with Crippen molar-refractivity contribution in [2.75, 3.05) is 7.11 Å². The quantitative estimate of drug-likeness (QED) is 0.622. The summed E-state index contributed by atoms with van der Waals surface area (Å²) in [6.07, 6.45) is 0. The molecule has 1 N–H and O–H groups in total. The Balaban J connectivity index is 0. The molecule has 0 unspecified atom stereocenters. The first-order valence-corrected chi connectivity index (χ1v) is 1.50. The van der Waals surface area contributed by atoms with Crippen molar-refractivity contribution in [3.63, 3.8) is 0 Å². The number of aliphatic hydroxyl groups is 1. The van der Waals surface area contributed by atoms with Crippen LogP contribution in [0.2, 0.25) is 0 Å². The summed E-state index contributed by atoms with van der Waals surface area (Å²) in [4.78, 5) is 0. The third kappa shape index (κ3) is 25.6. The molecule has 0 saturated heterocycles. The molecule has 0 radical (unpaired) electrons. The molecule has 0 aliphatic heterocycles. The van der Waals surface area contributed by atoms with Gasteiger partial charge in [0.25, 0.3) is 0 Å². The van der Waals surface area contributed by atoms with Gasteiger partial charge in [0.1, 0.15) is 0 Å². The standard InChI is InChI=1S/CH4O.O.Pt/c1-2;;/h2H,1H3;;. The Bertz CT molecular complexity index is 6.00. The first kappa shape index (κ1) is 8.82. The molecular formula is CH4O2Pt. The van der Waals surface area contributed by atoms with Gasteiger partial charge < -0.3 is 5.11 Å². The summed E-state index contributed by atoms with van der Waals surface area (Å²) < 4.78 is 8.22. The third-order valence-electron chi connectivity index (χ3n) is 0. The molecule has 0 atom stereocenters. The molecule has 0 aliphatic rings. The van der Waals surface area contributed by atoms with Crippen LogP contribution in [0.4, 0.5) is 0 Å². The maximum absolute atomic E-state index is 8.22. The summed E-state index contributed by atoms with van der Waals surface area (Å²) in [6, 6.07) is 0. The van der Waals surface area contributed by atoms with Gasteiger partial charge in [-0.1, -0.05) is 0 Å². The topological polar surface area (TPSA) is 37.3 Å². The van der Waals surface area contributed by atoms with Gasteiger partial charge in [-0.15, -0.1) is 0 Å². The van der Waals surface area contributed by atoms with Crippen molar-refractivity contribution in [3.05, 3.63) is 0 Å². The number of hydrogen-bond acceptors (Lipinski definition) is 2. The van der Waals surface area contributed by atoms with E-state index in [9.17, 15) is 0 Å². The van der Waals surface area contributed by atoms with E-state index in [2.05, 4.69) is 0 Å². The van der Waals surface area contributed by atoms with E-state index in [-0.39, 0.29) is 0 Å². The van der Waals surface area contributed by atoms with Gasteiger partial charge in [0.05, 0.1) is 0 Å². The predicted molar refractivity (Wildman–Crippen MR) is 8.83 cm³/mol. The van der Waals surface area contributed by atoms with E-state index in [4.69, 9.17) is 8.50 Å². The molecule has 0 fully saturated rings. The first-order chi connectivity index (χ1) is 2.00. The van der Waals surface area contributed by atoms with Gasteiger partial charge >= 0.3 is 23.2 Å². The fourth-order valence-electron chi connectivity index (χ4n) is 0. The van der Waals surface area contributed by atoms with Crippen LogP contribution in [0.3, 0.4) is 0 Å². The van der Waals surface area contributed by atoms with Crippen molar-refractivity contribution in [1.29, 1.82) is 0 Å². The van der Waals surface area contributed by atoms with E-state index in [0.29, 0.717) is 0 Å². The zero-order valence-electron chi connectivity index (χ0n) is 2.17. The van der Waals surface area contributed by atoms with Gasteiger partial charge in [-0.2, -0.15) is 0 Å². The van der Waals surface area contributed by atoms with Crippen LogP contribution >= 0.6 is 0 Å². The molecule has 3 heteroatoms. The number of aliphatic hydroxyl groups excluding tert-OH is 1. The molecule has 0 spiro atoms. The second-order valence-corrected chi connectivity index (χ2v) is 0. The van der Waals surface area contributed by atoms with E-state index in [1.54, 1.807) is 0 Å². The van der Waals surface area contributed by atoms with Crippen LogP contribution in [0.1, 0.15) is 0 Å². The molecule has 2 nitrogen and oxygen atoms in total. The third-order valence-corrected chi connectivity index (χ3v) is 0. The van der Waals surface area contributed by atoms with E-state index in [0.717, 1.165) is 26.9 Å². The van der Waals surface area contributed by atoms with Crippen molar-refractivity contribution in [2.24, 2.45) is 0 Å². The van der Waals surface area contributed by atoms with E-state index in [1.807, 2.05) is 0 Å². The van der Waals surface area contributed by atoms with Crippen molar-refractivity contribution in [1.82, 2.24) is 0 Å². The van der Waals surface area contributed by atoms with Crippen molar-refractivity contribution >= 4 is 0 Å². The Kier molecular flexibility index (Phi) is 227. The summed E-state index contributed by atoms with van der Waals surface area (Å²) >= 11 is 0.889. The number of hydrogen-bond donors (Lipinski definition) is 1. The van der Waals surface area contributed by atoms with Crippen LogP contribution in [0, 0.1) is 0 Å². The summed E-state index contributed by atoms with van der Waals surface area (Å²) in [7, 11) is 1.00. The van der Waals surface area contributed by atoms with Gasteiger partial charge in [0.2, 0.25) is 0 Å². The molecule has 0 bridgehead atoms. The Morgan fingerprint density at radius 3 is 1.50 bits per heavy atom. The summed E-state index contributed by atoms with van der Waals surface area (Å²) in [5.41, 5.74) is 0. The second kappa shape index (κ2) is 103. The van der Waals surface area contributed by atoms with Crippen molar-refractivity contribution in [3.8, 4) is 0 Å². The predicted octanol–water partition coefficient (Wildman–Crippen LogP) is -0.513. The zero-order valence-corrected chi connectivity index (χ0v) is 4.44. The van der Waals surface area contributed by atoms with Crippen LogP contribution in [0.15, 0.2) is 0 Å². The average molecular weight is 243 g/mol. The molecule has 0 aromatic carbocycles. The normalized spacial score (nSPS) is 3.00. The molecule has 0 aromatic heterocycles. The van der Waals surface area contributed by atoms with Gasteiger partial charge in [0.15, 0.2) is 0 Å². The monoisotopic (exact) mass is 243 g/mol. The van der Waals surface area contributed by atoms with Gasteiger partial charge in [-0.25, -0.2) is 0 Å². The molecule has 0 amide bonds. The van der Waals surface area contributed by atoms with Gasteiger partial charge in [-0.3, -0.25) is 0 Å². The number of rotatable bonds is 0. The van der Waals surface area contributed by atoms with Crippen molar-refractivity contribution in [2.45, 2.75) is 0 Å². The molecule has 0 aliphatic carbocycles. The summed E-state index contributed by atoms with van der Waals surface area (Å²) in [5, 5.41) is 7.00.